The molecule has 0 bridgehead atoms. The normalized spacial score (nSPS) is 13.8. The molecule has 0 unspecified atom stereocenters. The summed E-state index contributed by atoms with van der Waals surface area (Å²) in [5, 5.41) is 6.45. The Bertz CT molecular complexity index is 803. The number of rotatable bonds is 3. The van der Waals surface area contributed by atoms with Crippen LogP contribution in [0.3, 0.4) is 0 Å². The first-order valence-corrected chi connectivity index (χ1v) is 8.09. The van der Waals surface area contributed by atoms with E-state index in [4.69, 9.17) is 9.47 Å². The van der Waals surface area contributed by atoms with Crippen molar-refractivity contribution in [3.05, 3.63) is 41.5 Å². The molecule has 22 heavy (non-hydrogen) atoms. The fourth-order valence-corrected chi connectivity index (χ4v) is 3.24. The van der Waals surface area contributed by atoms with Crippen molar-refractivity contribution in [2.45, 2.75) is 13.0 Å². The zero-order chi connectivity index (χ0) is 14.8. The summed E-state index contributed by atoms with van der Waals surface area (Å²) in [4.78, 5) is 9.59. The zero-order valence-corrected chi connectivity index (χ0v) is 12.7. The molecule has 3 heterocycles. The van der Waals surface area contributed by atoms with Gasteiger partial charge in [0.25, 0.3) is 0 Å². The molecule has 1 aliphatic rings. The predicted molar refractivity (Wildman–Crippen MR) is 86.8 cm³/mol. The third-order valence-electron chi connectivity index (χ3n) is 3.56. The quantitative estimate of drug-likeness (QED) is 0.802. The SMILES string of the molecule is c1cc(CNc2ncnc3sccc23)c2c(c1)OCCCO2. The third kappa shape index (κ3) is 2.46. The maximum absolute atomic E-state index is 5.84. The molecule has 0 saturated carbocycles. The van der Waals surface area contributed by atoms with Crippen molar-refractivity contribution in [3.63, 3.8) is 0 Å². The largest absolute Gasteiger partial charge is 0.490 e. The van der Waals surface area contributed by atoms with Gasteiger partial charge in [-0.25, -0.2) is 9.97 Å². The van der Waals surface area contributed by atoms with Crippen LogP contribution in [-0.4, -0.2) is 23.2 Å². The van der Waals surface area contributed by atoms with Gasteiger partial charge in [0.2, 0.25) is 0 Å². The molecular weight excluding hydrogens is 298 g/mol. The maximum atomic E-state index is 5.84. The lowest BCUT2D eigenvalue weighted by Gasteiger charge is -2.13. The number of hydrogen-bond donors (Lipinski definition) is 1. The van der Waals surface area contributed by atoms with Gasteiger partial charge in [-0.3, -0.25) is 0 Å². The van der Waals surface area contributed by atoms with E-state index in [-0.39, 0.29) is 0 Å². The van der Waals surface area contributed by atoms with Gasteiger partial charge in [-0.1, -0.05) is 12.1 Å². The van der Waals surface area contributed by atoms with Gasteiger partial charge in [-0.15, -0.1) is 11.3 Å². The molecular formula is C16H15N3O2S. The number of para-hydroxylation sites is 1. The zero-order valence-electron chi connectivity index (χ0n) is 11.9. The average Bonchev–Trinajstić information content (AvgIpc) is 2.90. The standard InChI is InChI=1S/C16H15N3O2S/c1-3-11(14-13(4-1)20-6-2-7-21-14)9-17-15-12-5-8-22-16(12)19-10-18-15/h1,3-5,8,10H,2,6-7,9H2,(H,17,18,19). The van der Waals surface area contributed by atoms with E-state index in [1.807, 2.05) is 29.6 Å². The first-order valence-electron chi connectivity index (χ1n) is 7.21. The molecule has 112 valence electrons. The van der Waals surface area contributed by atoms with E-state index in [1.165, 1.54) is 0 Å². The molecule has 6 heteroatoms. The smallest absolute Gasteiger partial charge is 0.166 e. The van der Waals surface area contributed by atoms with Crippen LogP contribution in [0.1, 0.15) is 12.0 Å². The van der Waals surface area contributed by atoms with Crippen LogP contribution in [0.15, 0.2) is 36.0 Å². The first kappa shape index (κ1) is 13.3. The Kier molecular flexibility index (Phi) is 3.52. The minimum absolute atomic E-state index is 0.633. The number of anilines is 1. The summed E-state index contributed by atoms with van der Waals surface area (Å²) in [5.41, 5.74) is 1.07. The van der Waals surface area contributed by atoms with Crippen molar-refractivity contribution in [2.24, 2.45) is 0 Å². The Morgan fingerprint density at radius 3 is 3.09 bits per heavy atom. The minimum atomic E-state index is 0.633. The number of nitrogens with one attached hydrogen (secondary N) is 1. The van der Waals surface area contributed by atoms with Gasteiger partial charge in [-0.2, -0.15) is 0 Å². The molecule has 0 aliphatic carbocycles. The Morgan fingerprint density at radius 2 is 2.09 bits per heavy atom. The number of fused-ring (bicyclic) bond motifs is 2. The van der Waals surface area contributed by atoms with E-state index in [0.29, 0.717) is 19.8 Å². The molecule has 1 N–H and O–H groups in total. The highest BCUT2D eigenvalue weighted by atomic mass is 32.1. The number of thiophene rings is 1. The highest BCUT2D eigenvalue weighted by Gasteiger charge is 2.14. The fraction of sp³-hybridized carbons (Fsp3) is 0.250. The van der Waals surface area contributed by atoms with Crippen molar-refractivity contribution in [3.8, 4) is 11.5 Å². The molecule has 0 atom stereocenters. The van der Waals surface area contributed by atoms with Crippen LogP contribution in [0.25, 0.3) is 10.2 Å². The fourth-order valence-electron chi connectivity index (χ4n) is 2.50. The van der Waals surface area contributed by atoms with Gasteiger partial charge in [-0.05, 0) is 17.5 Å². The summed E-state index contributed by atoms with van der Waals surface area (Å²) in [5.74, 6) is 2.50. The number of ether oxygens (including phenoxy) is 2. The molecule has 1 aromatic carbocycles. The molecule has 4 rings (SSSR count). The van der Waals surface area contributed by atoms with Crippen LogP contribution >= 0.6 is 11.3 Å². The topological polar surface area (TPSA) is 56.3 Å². The third-order valence-corrected chi connectivity index (χ3v) is 4.38. The van der Waals surface area contributed by atoms with Crippen LogP contribution < -0.4 is 14.8 Å². The summed E-state index contributed by atoms with van der Waals surface area (Å²) >= 11 is 1.61. The highest BCUT2D eigenvalue weighted by molar-refractivity contribution is 7.16. The molecule has 2 aromatic heterocycles. The van der Waals surface area contributed by atoms with Gasteiger partial charge >= 0.3 is 0 Å². The van der Waals surface area contributed by atoms with Crippen LogP contribution in [0.2, 0.25) is 0 Å². The Balaban J connectivity index is 1.61. The molecule has 0 fully saturated rings. The maximum Gasteiger partial charge on any atom is 0.166 e. The van der Waals surface area contributed by atoms with Gasteiger partial charge in [0.1, 0.15) is 17.0 Å². The molecule has 5 nitrogen and oxygen atoms in total. The van der Waals surface area contributed by atoms with E-state index in [9.17, 15) is 0 Å². The molecule has 0 radical (unpaired) electrons. The van der Waals surface area contributed by atoms with Crippen LogP contribution in [-0.2, 0) is 6.54 Å². The lowest BCUT2D eigenvalue weighted by molar-refractivity contribution is 0.296. The highest BCUT2D eigenvalue weighted by Crippen LogP contribution is 2.34. The summed E-state index contributed by atoms with van der Waals surface area (Å²) in [6.07, 6.45) is 2.50. The van der Waals surface area contributed by atoms with E-state index >= 15 is 0 Å². The molecule has 0 spiro atoms. The van der Waals surface area contributed by atoms with Crippen molar-refractivity contribution >= 4 is 27.4 Å². The van der Waals surface area contributed by atoms with Crippen molar-refractivity contribution < 1.29 is 9.47 Å². The minimum Gasteiger partial charge on any atom is -0.490 e. The van der Waals surface area contributed by atoms with Crippen molar-refractivity contribution in [2.75, 3.05) is 18.5 Å². The second kappa shape index (κ2) is 5.81. The number of nitrogens with zero attached hydrogens (tertiary/aromatic N) is 2. The summed E-state index contributed by atoms with van der Waals surface area (Å²) < 4.78 is 11.6. The first-order chi connectivity index (χ1) is 10.9. The molecule has 1 aliphatic heterocycles. The summed E-state index contributed by atoms with van der Waals surface area (Å²) in [6.45, 7) is 2.02. The van der Waals surface area contributed by atoms with Crippen LogP contribution in [0.5, 0.6) is 11.5 Å². The van der Waals surface area contributed by atoms with E-state index < -0.39 is 0 Å². The lowest BCUT2D eigenvalue weighted by Crippen LogP contribution is -2.05. The Labute approximate surface area is 131 Å². The monoisotopic (exact) mass is 313 g/mol. The van der Waals surface area contributed by atoms with Gasteiger partial charge in [0.05, 0.1) is 18.6 Å². The summed E-state index contributed by atoms with van der Waals surface area (Å²) in [6, 6.07) is 8.02. The van der Waals surface area contributed by atoms with Gasteiger partial charge in [0.15, 0.2) is 11.5 Å². The lowest BCUT2D eigenvalue weighted by atomic mass is 10.2. The second-order valence-electron chi connectivity index (χ2n) is 5.01. The van der Waals surface area contributed by atoms with Crippen molar-refractivity contribution in [1.29, 1.82) is 0 Å². The van der Waals surface area contributed by atoms with Crippen molar-refractivity contribution in [1.82, 2.24) is 9.97 Å². The van der Waals surface area contributed by atoms with E-state index in [2.05, 4.69) is 15.3 Å². The molecule has 0 amide bonds. The molecule has 3 aromatic rings. The second-order valence-corrected chi connectivity index (χ2v) is 5.90. The van der Waals surface area contributed by atoms with Gasteiger partial charge in [0, 0.05) is 18.5 Å². The predicted octanol–water partition coefficient (Wildman–Crippen LogP) is 3.46. The number of benzene rings is 1. The van der Waals surface area contributed by atoms with Gasteiger partial charge < -0.3 is 14.8 Å². The van der Waals surface area contributed by atoms with E-state index in [0.717, 1.165) is 39.5 Å². The Hall–Kier alpha value is -2.34. The number of aromatic nitrogens is 2. The average molecular weight is 313 g/mol. The molecule has 0 saturated heterocycles. The number of hydrogen-bond acceptors (Lipinski definition) is 6. The van der Waals surface area contributed by atoms with E-state index in [1.54, 1.807) is 17.7 Å². The van der Waals surface area contributed by atoms with Crippen LogP contribution in [0.4, 0.5) is 5.82 Å². The summed E-state index contributed by atoms with van der Waals surface area (Å²) in [7, 11) is 0. The Morgan fingerprint density at radius 1 is 1.14 bits per heavy atom. The van der Waals surface area contributed by atoms with Crippen LogP contribution in [0, 0.1) is 0 Å².